The Balaban J connectivity index is 0.00000242. The largest absolute Gasteiger partial charge is 0.386 e. The van der Waals surface area contributed by atoms with Crippen LogP contribution in [0.15, 0.2) is 24.3 Å². The van der Waals surface area contributed by atoms with Gasteiger partial charge in [0.25, 0.3) is 0 Å². The summed E-state index contributed by atoms with van der Waals surface area (Å²) < 4.78 is 13.5. The molecule has 1 fully saturated rings. The molecule has 0 aromatic heterocycles. The summed E-state index contributed by atoms with van der Waals surface area (Å²) in [6.45, 7) is 2.10. The minimum Gasteiger partial charge on any atom is -0.386 e. The molecule has 0 spiro atoms. The van der Waals surface area contributed by atoms with Crippen LogP contribution in [-0.4, -0.2) is 30.6 Å². The summed E-state index contributed by atoms with van der Waals surface area (Å²) in [7, 11) is 0. The van der Waals surface area contributed by atoms with E-state index in [1.165, 1.54) is 12.1 Å². The van der Waals surface area contributed by atoms with Gasteiger partial charge in [-0.15, -0.1) is 12.4 Å². The van der Waals surface area contributed by atoms with Gasteiger partial charge in [0.15, 0.2) is 0 Å². The molecule has 22 heavy (non-hydrogen) atoms. The smallest absolute Gasteiger partial charge is 0.220 e. The second-order valence-corrected chi connectivity index (χ2v) is 5.57. The van der Waals surface area contributed by atoms with Crippen LogP contribution in [-0.2, 0) is 4.79 Å². The highest BCUT2D eigenvalue weighted by Gasteiger charge is 2.16. The van der Waals surface area contributed by atoms with Crippen LogP contribution < -0.4 is 10.6 Å². The van der Waals surface area contributed by atoms with Crippen molar-refractivity contribution in [2.24, 2.45) is 5.92 Å². The lowest BCUT2D eigenvalue weighted by Gasteiger charge is -2.22. The third-order valence-electron chi connectivity index (χ3n) is 4.00. The van der Waals surface area contributed by atoms with Crippen molar-refractivity contribution in [1.82, 2.24) is 10.6 Å². The summed E-state index contributed by atoms with van der Waals surface area (Å²) >= 11 is 0. The predicted molar refractivity (Wildman–Crippen MR) is 86.4 cm³/mol. The maximum atomic E-state index is 13.5. The first-order chi connectivity index (χ1) is 10.2. The minimum absolute atomic E-state index is 0. The molecule has 1 aromatic rings. The number of nitrogens with one attached hydrogen (secondary N) is 2. The molecule has 1 amide bonds. The van der Waals surface area contributed by atoms with Gasteiger partial charge in [-0.25, -0.2) is 4.39 Å². The van der Waals surface area contributed by atoms with Crippen molar-refractivity contribution in [3.05, 3.63) is 35.6 Å². The molecule has 1 heterocycles. The molecular weight excluding hydrogens is 307 g/mol. The van der Waals surface area contributed by atoms with E-state index in [2.05, 4.69) is 10.6 Å². The zero-order valence-electron chi connectivity index (χ0n) is 12.6. The predicted octanol–water partition coefficient (Wildman–Crippen LogP) is 2.18. The molecule has 1 aliphatic rings. The minimum atomic E-state index is -1.01. The van der Waals surface area contributed by atoms with E-state index < -0.39 is 11.9 Å². The number of hydrogen-bond acceptors (Lipinski definition) is 3. The van der Waals surface area contributed by atoms with Crippen LogP contribution in [0, 0.1) is 11.7 Å². The molecule has 1 atom stereocenters. The highest BCUT2D eigenvalue weighted by atomic mass is 35.5. The van der Waals surface area contributed by atoms with E-state index in [1.54, 1.807) is 12.1 Å². The number of carbonyl (C=O) groups excluding carboxylic acids is 1. The standard InChI is InChI=1S/C16H23FN2O2.ClH/c17-14-4-2-1-3-13(14)15(20)11-19-16(21)6-5-12-7-9-18-10-8-12;/h1-4,12,15,18,20H,5-11H2,(H,19,21);1H. The van der Waals surface area contributed by atoms with Crippen molar-refractivity contribution in [3.8, 4) is 0 Å². The molecule has 1 saturated heterocycles. The molecule has 4 nitrogen and oxygen atoms in total. The molecule has 3 N–H and O–H groups in total. The average molecular weight is 331 g/mol. The number of hydrogen-bond donors (Lipinski definition) is 3. The van der Waals surface area contributed by atoms with E-state index in [0.29, 0.717) is 12.3 Å². The van der Waals surface area contributed by atoms with Gasteiger partial charge in [0.2, 0.25) is 5.91 Å². The monoisotopic (exact) mass is 330 g/mol. The van der Waals surface area contributed by atoms with Gasteiger partial charge in [0.05, 0.1) is 6.10 Å². The number of aliphatic hydroxyl groups excluding tert-OH is 1. The van der Waals surface area contributed by atoms with Gasteiger partial charge >= 0.3 is 0 Å². The number of carbonyl (C=O) groups is 1. The molecule has 0 saturated carbocycles. The molecule has 124 valence electrons. The molecule has 0 radical (unpaired) electrons. The maximum Gasteiger partial charge on any atom is 0.220 e. The van der Waals surface area contributed by atoms with E-state index in [9.17, 15) is 14.3 Å². The zero-order chi connectivity index (χ0) is 15.1. The third kappa shape index (κ3) is 5.91. The fraction of sp³-hybridized carbons (Fsp3) is 0.562. The highest BCUT2D eigenvalue weighted by molar-refractivity contribution is 5.85. The number of benzene rings is 1. The van der Waals surface area contributed by atoms with Crippen LogP contribution in [0.3, 0.4) is 0 Å². The first kappa shape index (κ1) is 18.9. The SMILES string of the molecule is Cl.O=C(CCC1CCNCC1)NCC(O)c1ccccc1F. The highest BCUT2D eigenvalue weighted by Crippen LogP contribution is 2.18. The third-order valence-corrected chi connectivity index (χ3v) is 4.00. The maximum absolute atomic E-state index is 13.5. The summed E-state index contributed by atoms with van der Waals surface area (Å²) in [5.41, 5.74) is 0.219. The topological polar surface area (TPSA) is 61.4 Å². The van der Waals surface area contributed by atoms with Crippen molar-refractivity contribution in [3.63, 3.8) is 0 Å². The summed E-state index contributed by atoms with van der Waals surface area (Å²) in [5.74, 6) is 0.0753. The van der Waals surface area contributed by atoms with Gasteiger partial charge in [-0.05, 0) is 44.3 Å². The number of aliphatic hydroxyl groups is 1. The number of halogens is 2. The second kappa shape index (κ2) is 9.77. The van der Waals surface area contributed by atoms with Crippen LogP contribution in [0.5, 0.6) is 0 Å². The Kier molecular flexibility index (Phi) is 8.38. The van der Waals surface area contributed by atoms with Gasteiger partial charge in [-0.2, -0.15) is 0 Å². The van der Waals surface area contributed by atoms with Gasteiger partial charge < -0.3 is 15.7 Å². The Morgan fingerprint density at radius 3 is 2.73 bits per heavy atom. The van der Waals surface area contributed by atoms with Gasteiger partial charge in [-0.3, -0.25) is 4.79 Å². The molecule has 0 bridgehead atoms. The molecule has 1 aromatic carbocycles. The van der Waals surface area contributed by atoms with Crippen molar-refractivity contribution < 1.29 is 14.3 Å². The first-order valence-electron chi connectivity index (χ1n) is 7.56. The fourth-order valence-corrected chi connectivity index (χ4v) is 2.66. The summed E-state index contributed by atoms with van der Waals surface area (Å²) in [6, 6.07) is 6.07. The van der Waals surface area contributed by atoms with Crippen LogP contribution >= 0.6 is 12.4 Å². The molecule has 1 unspecified atom stereocenters. The van der Waals surface area contributed by atoms with Gasteiger partial charge in [0.1, 0.15) is 5.82 Å². The van der Waals surface area contributed by atoms with Crippen LogP contribution in [0.25, 0.3) is 0 Å². The lowest BCUT2D eigenvalue weighted by atomic mass is 9.93. The van der Waals surface area contributed by atoms with E-state index in [-0.39, 0.29) is 30.4 Å². The quantitative estimate of drug-likeness (QED) is 0.749. The van der Waals surface area contributed by atoms with Crippen LogP contribution in [0.1, 0.15) is 37.4 Å². The lowest BCUT2D eigenvalue weighted by molar-refractivity contribution is -0.121. The number of rotatable bonds is 6. The average Bonchev–Trinajstić information content (AvgIpc) is 2.52. The summed E-state index contributed by atoms with van der Waals surface area (Å²) in [5, 5.41) is 15.9. The normalized spacial score (nSPS) is 16.6. The lowest BCUT2D eigenvalue weighted by Crippen LogP contribution is -2.31. The molecule has 1 aliphatic heterocycles. The second-order valence-electron chi connectivity index (χ2n) is 5.57. The van der Waals surface area contributed by atoms with E-state index in [4.69, 9.17) is 0 Å². The summed E-state index contributed by atoms with van der Waals surface area (Å²) in [6.07, 6.45) is 2.57. The summed E-state index contributed by atoms with van der Waals surface area (Å²) in [4.78, 5) is 11.8. The molecule has 6 heteroatoms. The Bertz CT molecular complexity index is 467. The molecular formula is C16H24ClFN2O2. The number of amides is 1. The van der Waals surface area contributed by atoms with E-state index >= 15 is 0 Å². The Morgan fingerprint density at radius 2 is 2.05 bits per heavy atom. The Labute approximate surface area is 136 Å². The number of piperidine rings is 1. The van der Waals surface area contributed by atoms with Gasteiger partial charge in [-0.1, -0.05) is 18.2 Å². The molecule has 2 rings (SSSR count). The Hall–Kier alpha value is -1.17. The van der Waals surface area contributed by atoms with Crippen molar-refractivity contribution >= 4 is 18.3 Å². The van der Waals surface area contributed by atoms with Gasteiger partial charge in [0, 0.05) is 18.5 Å². The van der Waals surface area contributed by atoms with Crippen LogP contribution in [0.2, 0.25) is 0 Å². The van der Waals surface area contributed by atoms with Crippen molar-refractivity contribution in [2.45, 2.75) is 31.8 Å². The first-order valence-corrected chi connectivity index (χ1v) is 7.56. The Morgan fingerprint density at radius 1 is 1.36 bits per heavy atom. The fourth-order valence-electron chi connectivity index (χ4n) is 2.66. The zero-order valence-corrected chi connectivity index (χ0v) is 13.4. The van der Waals surface area contributed by atoms with E-state index in [1.807, 2.05) is 0 Å². The van der Waals surface area contributed by atoms with Crippen molar-refractivity contribution in [1.29, 1.82) is 0 Å². The molecule has 0 aliphatic carbocycles. The van der Waals surface area contributed by atoms with E-state index in [0.717, 1.165) is 32.4 Å². The van der Waals surface area contributed by atoms with Crippen LogP contribution in [0.4, 0.5) is 4.39 Å². The van der Waals surface area contributed by atoms with Crippen molar-refractivity contribution in [2.75, 3.05) is 19.6 Å².